The van der Waals surface area contributed by atoms with Crippen LogP contribution < -0.4 is 15.4 Å². The summed E-state index contributed by atoms with van der Waals surface area (Å²) in [5.74, 6) is 2.05. The van der Waals surface area contributed by atoms with Crippen molar-refractivity contribution in [3.8, 4) is 16.9 Å². The fourth-order valence-electron chi connectivity index (χ4n) is 3.67. The van der Waals surface area contributed by atoms with E-state index in [1.165, 1.54) is 0 Å². The third-order valence-electron chi connectivity index (χ3n) is 5.11. The van der Waals surface area contributed by atoms with Crippen molar-refractivity contribution in [2.45, 2.75) is 13.2 Å². The molecule has 0 saturated carbocycles. The second-order valence-electron chi connectivity index (χ2n) is 7.01. The summed E-state index contributed by atoms with van der Waals surface area (Å²) in [4.78, 5) is 22.7. The SMILES string of the molecule is CNc1nc2c3c(c[nH]c3n1)-c1ccc3ncc(cc3c1)OCc1cnc(s1)CN2. The molecule has 5 bridgehead atoms. The number of aromatic nitrogens is 5. The minimum atomic E-state index is 0.465. The summed E-state index contributed by atoms with van der Waals surface area (Å²) < 4.78 is 5.97. The van der Waals surface area contributed by atoms with Crippen LogP contribution in [0.1, 0.15) is 9.88 Å². The maximum atomic E-state index is 5.97. The number of nitrogens with one attached hydrogen (secondary N) is 3. The lowest BCUT2D eigenvalue weighted by molar-refractivity contribution is 0.309. The largest absolute Gasteiger partial charge is 0.486 e. The molecule has 0 unspecified atom stereocenters. The van der Waals surface area contributed by atoms with E-state index in [1.807, 2.05) is 31.6 Å². The number of fused-ring (bicyclic) bond motifs is 5. The van der Waals surface area contributed by atoms with Crippen LogP contribution in [-0.2, 0) is 13.2 Å². The second kappa shape index (κ2) is 6.67. The molecule has 5 heterocycles. The minimum Gasteiger partial charge on any atom is -0.486 e. The zero-order valence-corrected chi connectivity index (χ0v) is 16.9. The average Bonchev–Trinajstić information content (AvgIpc) is 3.41. The van der Waals surface area contributed by atoms with Crippen LogP contribution in [0.2, 0.25) is 0 Å². The predicted octanol–water partition coefficient (Wildman–Crippen LogP) is 4.18. The quantitative estimate of drug-likeness (QED) is 0.378. The first-order valence-corrected chi connectivity index (χ1v) is 10.4. The van der Waals surface area contributed by atoms with E-state index in [-0.39, 0.29) is 0 Å². The Morgan fingerprint density at radius 1 is 1.13 bits per heavy atom. The number of anilines is 2. The Bertz CT molecular complexity index is 1410. The van der Waals surface area contributed by atoms with E-state index < -0.39 is 0 Å². The lowest BCUT2D eigenvalue weighted by Crippen LogP contribution is -2.05. The van der Waals surface area contributed by atoms with Crippen LogP contribution in [-0.4, -0.2) is 32.0 Å². The van der Waals surface area contributed by atoms with Crippen LogP contribution in [0.25, 0.3) is 33.1 Å². The number of benzene rings is 1. The van der Waals surface area contributed by atoms with Crippen LogP contribution in [0.15, 0.2) is 42.9 Å². The van der Waals surface area contributed by atoms with E-state index in [9.17, 15) is 0 Å². The molecule has 8 nitrogen and oxygen atoms in total. The molecule has 3 N–H and O–H groups in total. The number of thiazole rings is 1. The van der Waals surface area contributed by atoms with Crippen LogP contribution in [0.4, 0.5) is 11.8 Å². The molecular formula is C21H17N7OS. The van der Waals surface area contributed by atoms with Crippen molar-refractivity contribution in [1.29, 1.82) is 0 Å². The smallest absolute Gasteiger partial charge is 0.226 e. The number of hydrogen-bond acceptors (Lipinski definition) is 8. The summed E-state index contributed by atoms with van der Waals surface area (Å²) in [5, 5.41) is 9.41. The molecule has 9 heteroatoms. The van der Waals surface area contributed by atoms with Gasteiger partial charge in [-0.05, 0) is 23.8 Å². The Balaban J connectivity index is 1.61. The molecule has 4 aromatic heterocycles. The molecule has 1 aliphatic heterocycles. The molecular weight excluding hydrogens is 398 g/mol. The maximum absolute atomic E-state index is 5.97. The monoisotopic (exact) mass is 415 g/mol. The van der Waals surface area contributed by atoms with Gasteiger partial charge in [0.25, 0.3) is 0 Å². The fourth-order valence-corrected chi connectivity index (χ4v) is 4.44. The lowest BCUT2D eigenvalue weighted by Gasteiger charge is -2.10. The Labute approximate surface area is 175 Å². The highest BCUT2D eigenvalue weighted by Gasteiger charge is 2.16. The predicted molar refractivity (Wildman–Crippen MR) is 118 cm³/mol. The van der Waals surface area contributed by atoms with Crippen LogP contribution in [0.3, 0.4) is 0 Å². The normalized spacial score (nSPS) is 13.1. The van der Waals surface area contributed by atoms with E-state index in [4.69, 9.17) is 4.74 Å². The van der Waals surface area contributed by atoms with Gasteiger partial charge in [0, 0.05) is 30.4 Å². The molecule has 5 aromatic rings. The summed E-state index contributed by atoms with van der Waals surface area (Å²) in [7, 11) is 1.81. The van der Waals surface area contributed by atoms with Gasteiger partial charge in [0.05, 0.1) is 28.5 Å². The van der Waals surface area contributed by atoms with Crippen molar-refractivity contribution in [3.63, 3.8) is 0 Å². The molecule has 0 amide bonds. The number of nitrogens with zero attached hydrogens (tertiary/aromatic N) is 4. The molecule has 0 spiro atoms. The molecule has 0 atom stereocenters. The van der Waals surface area contributed by atoms with Gasteiger partial charge in [0.2, 0.25) is 5.95 Å². The number of ether oxygens (including phenoxy) is 1. The summed E-state index contributed by atoms with van der Waals surface area (Å²) in [6.07, 6.45) is 5.59. The van der Waals surface area contributed by atoms with Crippen LogP contribution in [0, 0.1) is 0 Å². The van der Waals surface area contributed by atoms with Gasteiger partial charge < -0.3 is 20.4 Å². The zero-order valence-electron chi connectivity index (χ0n) is 16.1. The third kappa shape index (κ3) is 2.82. The van der Waals surface area contributed by atoms with E-state index in [0.29, 0.717) is 19.1 Å². The fraction of sp³-hybridized carbons (Fsp3) is 0.143. The number of aromatic amines is 1. The highest BCUT2D eigenvalue weighted by molar-refractivity contribution is 7.11. The summed E-state index contributed by atoms with van der Waals surface area (Å²) in [6, 6.07) is 8.24. The van der Waals surface area contributed by atoms with E-state index in [2.05, 4.69) is 47.7 Å². The molecule has 0 radical (unpaired) electrons. The van der Waals surface area contributed by atoms with Crippen molar-refractivity contribution < 1.29 is 4.74 Å². The van der Waals surface area contributed by atoms with E-state index >= 15 is 0 Å². The molecule has 30 heavy (non-hydrogen) atoms. The third-order valence-corrected chi connectivity index (χ3v) is 6.08. The standard InChI is InChI=1S/C21H17N7OS/c1-22-21-27-19-18-15(8-25-19)11-2-3-16-12(4-11)5-13(6-23-16)29-10-14-7-24-17(30-14)9-26-20(18)28-21/h2-8H,9-10H2,1H3,(H3,22,25,26,27,28). The summed E-state index contributed by atoms with van der Waals surface area (Å²) in [6.45, 7) is 1.03. The van der Waals surface area contributed by atoms with Crippen LogP contribution >= 0.6 is 11.3 Å². The summed E-state index contributed by atoms with van der Waals surface area (Å²) in [5.41, 5.74) is 3.77. The molecule has 0 aliphatic carbocycles. The van der Waals surface area contributed by atoms with Crippen molar-refractivity contribution in [3.05, 3.63) is 52.7 Å². The topological polar surface area (TPSA) is 101 Å². The van der Waals surface area contributed by atoms with Crippen molar-refractivity contribution in [2.24, 2.45) is 0 Å². The second-order valence-corrected chi connectivity index (χ2v) is 8.21. The van der Waals surface area contributed by atoms with Gasteiger partial charge in [-0.25, -0.2) is 4.98 Å². The first kappa shape index (κ1) is 17.2. The Morgan fingerprint density at radius 3 is 3.03 bits per heavy atom. The molecule has 1 aromatic carbocycles. The molecule has 1 aliphatic rings. The number of hydrogen-bond donors (Lipinski definition) is 3. The van der Waals surface area contributed by atoms with Crippen molar-refractivity contribution >= 4 is 45.0 Å². The van der Waals surface area contributed by atoms with Gasteiger partial charge >= 0.3 is 0 Å². The summed E-state index contributed by atoms with van der Waals surface area (Å²) >= 11 is 1.62. The number of pyridine rings is 1. The van der Waals surface area contributed by atoms with Gasteiger partial charge in [0.1, 0.15) is 28.8 Å². The Hall–Kier alpha value is -3.72. The van der Waals surface area contributed by atoms with Gasteiger partial charge in [0.15, 0.2) is 0 Å². The lowest BCUT2D eigenvalue weighted by atomic mass is 10.0. The highest BCUT2D eigenvalue weighted by Crippen LogP contribution is 2.35. The molecule has 148 valence electrons. The average molecular weight is 415 g/mol. The first-order chi connectivity index (χ1) is 14.8. The van der Waals surface area contributed by atoms with Gasteiger partial charge in [-0.2, -0.15) is 9.97 Å². The van der Waals surface area contributed by atoms with Crippen LogP contribution in [0.5, 0.6) is 5.75 Å². The number of rotatable bonds is 1. The zero-order chi connectivity index (χ0) is 20.1. The number of H-pyrrole nitrogens is 1. The minimum absolute atomic E-state index is 0.465. The Morgan fingerprint density at radius 2 is 2.10 bits per heavy atom. The molecule has 0 saturated heterocycles. The van der Waals surface area contributed by atoms with E-state index in [1.54, 1.807) is 17.5 Å². The van der Waals surface area contributed by atoms with Crippen molar-refractivity contribution in [2.75, 3.05) is 17.7 Å². The van der Waals surface area contributed by atoms with Gasteiger partial charge in [-0.15, -0.1) is 11.3 Å². The van der Waals surface area contributed by atoms with Crippen molar-refractivity contribution in [1.82, 2.24) is 24.9 Å². The van der Waals surface area contributed by atoms with Gasteiger partial charge in [-0.1, -0.05) is 6.07 Å². The first-order valence-electron chi connectivity index (χ1n) is 9.54. The highest BCUT2D eigenvalue weighted by atomic mass is 32.1. The Kier molecular flexibility index (Phi) is 3.81. The molecule has 6 rings (SSSR count). The maximum Gasteiger partial charge on any atom is 0.226 e. The van der Waals surface area contributed by atoms with Gasteiger partial charge in [-0.3, -0.25) is 4.98 Å². The molecule has 0 fully saturated rings. The van der Waals surface area contributed by atoms with E-state index in [0.717, 1.165) is 54.5 Å².